The van der Waals surface area contributed by atoms with Crippen molar-refractivity contribution in [3.63, 3.8) is 0 Å². The molecule has 102 valence electrons. The maximum atomic E-state index is 12.1. The van der Waals surface area contributed by atoms with Gasteiger partial charge in [0.1, 0.15) is 0 Å². The number of amides is 2. The Morgan fingerprint density at radius 2 is 2.21 bits per heavy atom. The van der Waals surface area contributed by atoms with Gasteiger partial charge < -0.3 is 16.0 Å². The Balaban J connectivity index is 1.92. The van der Waals surface area contributed by atoms with Gasteiger partial charge in [-0.3, -0.25) is 14.6 Å². The van der Waals surface area contributed by atoms with E-state index < -0.39 is 0 Å². The van der Waals surface area contributed by atoms with Crippen molar-refractivity contribution in [2.45, 2.75) is 25.4 Å². The Kier molecular flexibility index (Phi) is 4.46. The first-order chi connectivity index (χ1) is 9.20. The summed E-state index contributed by atoms with van der Waals surface area (Å²) in [4.78, 5) is 29.2. The predicted molar refractivity (Wildman–Crippen MR) is 69.9 cm³/mol. The fourth-order valence-corrected chi connectivity index (χ4v) is 1.82. The molecule has 1 aliphatic rings. The molecule has 1 saturated carbocycles. The second-order valence-electron chi connectivity index (χ2n) is 4.55. The topological polar surface area (TPSA) is 88.3 Å². The summed E-state index contributed by atoms with van der Waals surface area (Å²) >= 11 is 0. The van der Waals surface area contributed by atoms with E-state index in [2.05, 4.69) is 10.3 Å². The molecular weight excluding hydrogens is 244 g/mol. The minimum atomic E-state index is -0.318. The monoisotopic (exact) mass is 262 g/mol. The lowest BCUT2D eigenvalue weighted by molar-refractivity contribution is -0.133. The van der Waals surface area contributed by atoms with Crippen LogP contribution in [0.5, 0.6) is 0 Å². The van der Waals surface area contributed by atoms with E-state index in [0.29, 0.717) is 6.54 Å². The summed E-state index contributed by atoms with van der Waals surface area (Å²) in [7, 11) is 0. The molecule has 0 aromatic carbocycles. The first-order valence-electron chi connectivity index (χ1n) is 6.37. The molecule has 1 aromatic rings. The van der Waals surface area contributed by atoms with Gasteiger partial charge in [-0.2, -0.15) is 0 Å². The number of nitrogens with zero attached hydrogens (tertiary/aromatic N) is 2. The number of pyridine rings is 1. The molecule has 0 spiro atoms. The molecule has 6 heteroatoms. The maximum absolute atomic E-state index is 12.1. The van der Waals surface area contributed by atoms with E-state index in [1.807, 2.05) is 18.2 Å². The zero-order valence-corrected chi connectivity index (χ0v) is 10.7. The van der Waals surface area contributed by atoms with Crippen LogP contribution in [0.1, 0.15) is 18.5 Å². The number of carbonyl (C=O) groups excluding carboxylic acids is 2. The lowest BCUT2D eigenvalue weighted by Gasteiger charge is -2.22. The van der Waals surface area contributed by atoms with Crippen LogP contribution in [0.25, 0.3) is 0 Å². The highest BCUT2D eigenvalue weighted by atomic mass is 16.2. The fourth-order valence-electron chi connectivity index (χ4n) is 1.82. The van der Waals surface area contributed by atoms with E-state index >= 15 is 0 Å². The number of nitrogens with one attached hydrogen (secondary N) is 1. The quantitative estimate of drug-likeness (QED) is 0.733. The van der Waals surface area contributed by atoms with Crippen molar-refractivity contribution in [3.8, 4) is 0 Å². The average molecular weight is 262 g/mol. The first kappa shape index (κ1) is 13.5. The zero-order valence-electron chi connectivity index (χ0n) is 10.7. The average Bonchev–Trinajstić information content (AvgIpc) is 3.27. The molecule has 0 unspecified atom stereocenters. The lowest BCUT2D eigenvalue weighted by atomic mass is 10.3. The molecule has 1 aromatic heterocycles. The Hall–Kier alpha value is -1.95. The number of aromatic nitrogens is 1. The number of nitrogens with two attached hydrogens (primary N) is 1. The summed E-state index contributed by atoms with van der Waals surface area (Å²) in [6, 6.07) is 5.91. The van der Waals surface area contributed by atoms with E-state index in [-0.39, 0.29) is 30.9 Å². The van der Waals surface area contributed by atoms with Gasteiger partial charge in [0.05, 0.1) is 25.3 Å². The fraction of sp³-hybridized carbons (Fsp3) is 0.462. The van der Waals surface area contributed by atoms with Crippen LogP contribution in [-0.2, 0) is 16.1 Å². The third-order valence-electron chi connectivity index (χ3n) is 2.99. The second kappa shape index (κ2) is 6.29. The number of carbonyl (C=O) groups is 2. The van der Waals surface area contributed by atoms with Gasteiger partial charge >= 0.3 is 0 Å². The summed E-state index contributed by atoms with van der Waals surface area (Å²) in [5, 5.41) is 2.51. The predicted octanol–water partition coefficient (Wildman–Crippen LogP) is -0.353. The molecule has 6 nitrogen and oxygen atoms in total. The van der Waals surface area contributed by atoms with Gasteiger partial charge in [0, 0.05) is 12.2 Å². The van der Waals surface area contributed by atoms with Crippen LogP contribution >= 0.6 is 0 Å². The normalized spacial score (nSPS) is 13.9. The van der Waals surface area contributed by atoms with E-state index in [9.17, 15) is 9.59 Å². The zero-order chi connectivity index (χ0) is 13.7. The Morgan fingerprint density at radius 1 is 1.42 bits per heavy atom. The molecule has 0 radical (unpaired) electrons. The maximum Gasteiger partial charge on any atom is 0.242 e. The van der Waals surface area contributed by atoms with Crippen molar-refractivity contribution in [1.82, 2.24) is 15.2 Å². The first-order valence-corrected chi connectivity index (χ1v) is 6.37. The summed E-state index contributed by atoms with van der Waals surface area (Å²) in [5.41, 5.74) is 6.04. The highest BCUT2D eigenvalue weighted by Crippen LogP contribution is 2.28. The molecule has 0 bridgehead atoms. The van der Waals surface area contributed by atoms with E-state index in [1.54, 1.807) is 11.1 Å². The van der Waals surface area contributed by atoms with Crippen molar-refractivity contribution >= 4 is 11.8 Å². The molecule has 2 amide bonds. The minimum absolute atomic E-state index is 0.000628. The lowest BCUT2D eigenvalue weighted by Crippen LogP contribution is -2.42. The summed E-state index contributed by atoms with van der Waals surface area (Å²) in [6.45, 7) is 0.388. The second-order valence-corrected chi connectivity index (χ2v) is 4.55. The van der Waals surface area contributed by atoms with Gasteiger partial charge in [0.2, 0.25) is 11.8 Å². The van der Waals surface area contributed by atoms with Crippen LogP contribution in [0.4, 0.5) is 0 Å². The standard InChI is InChI=1S/C13H18N4O2/c14-7-12(18)16-8-13(19)17(11-4-5-11)9-10-3-1-2-6-15-10/h1-3,6,11H,4-5,7-9,14H2,(H,16,18). The van der Waals surface area contributed by atoms with Gasteiger partial charge in [-0.25, -0.2) is 0 Å². The largest absolute Gasteiger partial charge is 0.346 e. The molecule has 1 fully saturated rings. The van der Waals surface area contributed by atoms with Crippen LogP contribution in [0.2, 0.25) is 0 Å². The molecular formula is C13H18N4O2. The number of hydrogen-bond donors (Lipinski definition) is 2. The summed E-state index contributed by atoms with van der Waals surface area (Å²) < 4.78 is 0. The van der Waals surface area contributed by atoms with E-state index in [1.165, 1.54) is 0 Å². The summed E-state index contributed by atoms with van der Waals surface area (Å²) in [6.07, 6.45) is 3.74. The minimum Gasteiger partial charge on any atom is -0.346 e. The molecule has 0 aliphatic heterocycles. The van der Waals surface area contributed by atoms with Crippen LogP contribution < -0.4 is 11.1 Å². The Labute approximate surface area is 112 Å². The van der Waals surface area contributed by atoms with Gasteiger partial charge in [0.15, 0.2) is 0 Å². The van der Waals surface area contributed by atoms with Gasteiger partial charge in [-0.05, 0) is 25.0 Å². The van der Waals surface area contributed by atoms with E-state index in [4.69, 9.17) is 5.73 Å². The third kappa shape index (κ3) is 4.03. The summed E-state index contributed by atoms with van der Waals surface area (Å²) in [5.74, 6) is -0.406. The van der Waals surface area contributed by atoms with Crippen molar-refractivity contribution in [3.05, 3.63) is 30.1 Å². The van der Waals surface area contributed by atoms with Gasteiger partial charge in [0.25, 0.3) is 0 Å². The molecule has 1 heterocycles. The van der Waals surface area contributed by atoms with Gasteiger partial charge in [-0.1, -0.05) is 6.07 Å². The smallest absolute Gasteiger partial charge is 0.242 e. The van der Waals surface area contributed by atoms with Crippen molar-refractivity contribution in [2.24, 2.45) is 5.73 Å². The van der Waals surface area contributed by atoms with Gasteiger partial charge in [-0.15, -0.1) is 0 Å². The SMILES string of the molecule is NCC(=O)NCC(=O)N(Cc1ccccn1)C1CC1. The number of rotatable bonds is 6. The Bertz CT molecular complexity index is 445. The number of hydrogen-bond acceptors (Lipinski definition) is 4. The highest BCUT2D eigenvalue weighted by molar-refractivity contribution is 5.85. The van der Waals surface area contributed by atoms with Crippen molar-refractivity contribution in [2.75, 3.05) is 13.1 Å². The molecule has 2 rings (SSSR count). The highest BCUT2D eigenvalue weighted by Gasteiger charge is 2.32. The van der Waals surface area contributed by atoms with Crippen LogP contribution in [0.3, 0.4) is 0 Å². The van der Waals surface area contributed by atoms with Crippen molar-refractivity contribution in [1.29, 1.82) is 0 Å². The van der Waals surface area contributed by atoms with Crippen LogP contribution in [0.15, 0.2) is 24.4 Å². The molecule has 19 heavy (non-hydrogen) atoms. The van der Waals surface area contributed by atoms with E-state index in [0.717, 1.165) is 18.5 Å². The Morgan fingerprint density at radius 3 is 2.79 bits per heavy atom. The molecule has 3 N–H and O–H groups in total. The molecule has 0 atom stereocenters. The van der Waals surface area contributed by atoms with Crippen molar-refractivity contribution < 1.29 is 9.59 Å². The molecule has 1 aliphatic carbocycles. The van der Waals surface area contributed by atoms with Crippen LogP contribution in [-0.4, -0.2) is 40.8 Å². The molecule has 0 saturated heterocycles. The van der Waals surface area contributed by atoms with Crippen LogP contribution in [0, 0.1) is 0 Å². The third-order valence-corrected chi connectivity index (χ3v) is 2.99.